The summed E-state index contributed by atoms with van der Waals surface area (Å²) in [5.41, 5.74) is 2.02. The number of carbonyl (C=O) groups excluding carboxylic acids is 2. The second kappa shape index (κ2) is 9.84. The van der Waals surface area contributed by atoms with Gasteiger partial charge in [0.25, 0.3) is 0 Å². The Morgan fingerprint density at radius 3 is 2.24 bits per heavy atom. The molecule has 3 atom stereocenters. The van der Waals surface area contributed by atoms with E-state index < -0.39 is 41.1 Å². The number of esters is 2. The van der Waals surface area contributed by atoms with Gasteiger partial charge >= 0.3 is 17.9 Å². The molecule has 0 radical (unpaired) electrons. The summed E-state index contributed by atoms with van der Waals surface area (Å²) in [5.74, 6) is -1.73. The number of carbonyl (C=O) groups is 2. The maximum Gasteiger partial charge on any atom is 0.436 e. The summed E-state index contributed by atoms with van der Waals surface area (Å²) in [7, 11) is 0. The third-order valence-corrected chi connectivity index (χ3v) is 5.52. The first-order valence-corrected chi connectivity index (χ1v) is 10.7. The molecular weight excluding hydrogens is 442 g/mol. The van der Waals surface area contributed by atoms with Crippen LogP contribution < -0.4 is 9.47 Å². The molecule has 176 valence electrons. The number of ether oxygens (including phenoxy) is 3. The first-order chi connectivity index (χ1) is 16.3. The molecule has 0 N–H and O–H groups in total. The van der Waals surface area contributed by atoms with Gasteiger partial charge in [-0.1, -0.05) is 40.4 Å². The van der Waals surface area contributed by atoms with E-state index in [4.69, 9.17) is 14.2 Å². The maximum absolute atomic E-state index is 13.0. The van der Waals surface area contributed by atoms with Crippen molar-refractivity contribution in [3.05, 3.63) is 82.2 Å². The van der Waals surface area contributed by atoms with Crippen molar-refractivity contribution in [1.82, 2.24) is 9.55 Å². The number of nitro groups is 1. The average molecular weight is 465 g/mol. The molecule has 10 nitrogen and oxygen atoms in total. The van der Waals surface area contributed by atoms with Gasteiger partial charge in [0.05, 0.1) is 18.4 Å². The molecule has 0 saturated carbocycles. The highest BCUT2D eigenvalue weighted by Gasteiger charge is 2.45. The number of imidazole rings is 1. The molecule has 0 bridgehead atoms. The lowest BCUT2D eigenvalue weighted by Gasteiger charge is -2.16. The second-order valence-electron chi connectivity index (χ2n) is 8.09. The largest absolute Gasteiger partial charge is 0.436 e. The predicted molar refractivity (Wildman–Crippen MR) is 119 cm³/mol. The first kappa shape index (κ1) is 23.1. The van der Waals surface area contributed by atoms with Crippen molar-refractivity contribution in [3.63, 3.8) is 0 Å². The van der Waals surface area contributed by atoms with Crippen LogP contribution in [0.25, 0.3) is 0 Å². The number of rotatable bonds is 7. The van der Waals surface area contributed by atoms with Crippen molar-refractivity contribution < 1.29 is 28.7 Å². The van der Waals surface area contributed by atoms with E-state index in [-0.39, 0.29) is 12.8 Å². The smallest absolute Gasteiger partial charge is 0.426 e. The molecule has 1 fully saturated rings. The van der Waals surface area contributed by atoms with Crippen molar-refractivity contribution in [2.24, 2.45) is 5.92 Å². The highest BCUT2D eigenvalue weighted by atomic mass is 16.6. The summed E-state index contributed by atoms with van der Waals surface area (Å²) < 4.78 is 18.1. The van der Waals surface area contributed by atoms with Gasteiger partial charge in [0, 0.05) is 6.42 Å². The molecule has 1 aromatic heterocycles. The Balaban J connectivity index is 1.52. The molecule has 0 amide bonds. The number of hydrogen-bond donors (Lipinski definition) is 0. The zero-order chi connectivity index (χ0) is 24.2. The van der Waals surface area contributed by atoms with Crippen molar-refractivity contribution in [2.45, 2.75) is 39.0 Å². The van der Waals surface area contributed by atoms with Crippen LogP contribution in [0.4, 0.5) is 5.95 Å². The molecular formula is C24H23N3O7. The molecule has 0 unspecified atom stereocenters. The quantitative estimate of drug-likeness (QED) is 0.223. The third-order valence-electron chi connectivity index (χ3n) is 5.52. The monoisotopic (exact) mass is 465 g/mol. The van der Waals surface area contributed by atoms with Gasteiger partial charge in [-0.3, -0.25) is 9.59 Å². The van der Waals surface area contributed by atoms with E-state index in [1.54, 1.807) is 24.3 Å². The lowest BCUT2D eigenvalue weighted by Crippen LogP contribution is -2.31. The summed E-state index contributed by atoms with van der Waals surface area (Å²) in [6, 6.07) is 13.9. The van der Waals surface area contributed by atoms with Gasteiger partial charge in [-0.15, -0.1) is 0 Å². The number of aromatic nitrogens is 2. The van der Waals surface area contributed by atoms with E-state index in [0.29, 0.717) is 11.5 Å². The van der Waals surface area contributed by atoms with E-state index >= 15 is 0 Å². The van der Waals surface area contributed by atoms with Crippen LogP contribution in [0, 0.1) is 29.9 Å². The van der Waals surface area contributed by atoms with Crippen LogP contribution in [0.2, 0.25) is 0 Å². The zero-order valence-electron chi connectivity index (χ0n) is 18.6. The minimum atomic E-state index is -0.900. The number of aryl methyl sites for hydroxylation is 2. The van der Waals surface area contributed by atoms with Crippen LogP contribution in [0.1, 0.15) is 30.2 Å². The SMILES string of the molecule is Cc1ccc(OC(=O)C[C@H]2O[C@@H](n3ccnc3[N+](=O)[O-])C[C@@H]2C(=O)Oc2ccc(C)cc2)cc1. The van der Waals surface area contributed by atoms with Crippen LogP contribution >= 0.6 is 0 Å². The minimum absolute atomic E-state index is 0.0738. The molecule has 1 aliphatic rings. The van der Waals surface area contributed by atoms with Gasteiger partial charge in [-0.25, -0.2) is 4.57 Å². The van der Waals surface area contributed by atoms with Crippen molar-refractivity contribution in [1.29, 1.82) is 0 Å². The van der Waals surface area contributed by atoms with Crippen molar-refractivity contribution in [2.75, 3.05) is 0 Å². The zero-order valence-corrected chi connectivity index (χ0v) is 18.6. The number of nitrogens with zero attached hydrogens (tertiary/aromatic N) is 3. The third kappa shape index (κ3) is 5.29. The van der Waals surface area contributed by atoms with E-state index in [0.717, 1.165) is 11.1 Å². The molecule has 0 spiro atoms. The lowest BCUT2D eigenvalue weighted by molar-refractivity contribution is -0.398. The van der Waals surface area contributed by atoms with E-state index in [9.17, 15) is 19.7 Å². The predicted octanol–water partition coefficient (Wildman–Crippen LogP) is 3.91. The highest BCUT2D eigenvalue weighted by Crippen LogP contribution is 2.38. The van der Waals surface area contributed by atoms with E-state index in [1.807, 2.05) is 38.1 Å². The maximum atomic E-state index is 13.0. The Morgan fingerprint density at radius 2 is 1.65 bits per heavy atom. The highest BCUT2D eigenvalue weighted by molar-refractivity contribution is 5.78. The second-order valence-corrected chi connectivity index (χ2v) is 8.09. The molecule has 1 aliphatic heterocycles. The normalized spacial score (nSPS) is 19.5. The topological polar surface area (TPSA) is 123 Å². The van der Waals surface area contributed by atoms with Crippen LogP contribution in [-0.4, -0.2) is 32.5 Å². The Hall–Kier alpha value is -4.05. The molecule has 34 heavy (non-hydrogen) atoms. The summed E-state index contributed by atoms with van der Waals surface area (Å²) in [6.45, 7) is 3.83. The fraction of sp³-hybridized carbons (Fsp3) is 0.292. The van der Waals surface area contributed by atoms with Crippen LogP contribution in [0.5, 0.6) is 11.5 Å². The molecule has 4 rings (SSSR count). The van der Waals surface area contributed by atoms with Crippen LogP contribution in [0.3, 0.4) is 0 Å². The molecule has 1 saturated heterocycles. The van der Waals surface area contributed by atoms with E-state index in [2.05, 4.69) is 4.98 Å². The summed E-state index contributed by atoms with van der Waals surface area (Å²) in [6.07, 6.45) is 0.752. The standard InChI is InChI=1S/C24H23N3O7/c1-15-3-7-17(8-4-15)32-22(28)14-20-19(23(29)33-18-9-5-16(2)6-10-18)13-21(34-20)26-12-11-25-24(26)27(30)31/h3-12,19-21H,13-14H2,1-2H3/t19-,20+,21+/m0/s1. The first-order valence-electron chi connectivity index (χ1n) is 10.7. The van der Waals surface area contributed by atoms with Gasteiger partial charge in [0.1, 0.15) is 23.9 Å². The van der Waals surface area contributed by atoms with Crippen molar-refractivity contribution >= 4 is 17.9 Å². The Labute approximate surface area is 195 Å². The summed E-state index contributed by atoms with van der Waals surface area (Å²) >= 11 is 0. The molecule has 3 aromatic rings. The molecule has 2 heterocycles. The van der Waals surface area contributed by atoms with Gasteiger partial charge in [-0.05, 0) is 43.0 Å². The van der Waals surface area contributed by atoms with Crippen molar-refractivity contribution in [3.8, 4) is 11.5 Å². The van der Waals surface area contributed by atoms with Crippen LogP contribution in [0.15, 0.2) is 60.9 Å². The fourth-order valence-corrected chi connectivity index (χ4v) is 3.75. The Bertz CT molecular complexity index is 1190. The molecule has 0 aliphatic carbocycles. The van der Waals surface area contributed by atoms with Gasteiger partial charge in [0.15, 0.2) is 6.23 Å². The summed E-state index contributed by atoms with van der Waals surface area (Å²) in [4.78, 5) is 40.0. The lowest BCUT2D eigenvalue weighted by atomic mass is 9.98. The number of benzene rings is 2. The van der Waals surface area contributed by atoms with Gasteiger partial charge in [-0.2, -0.15) is 0 Å². The summed E-state index contributed by atoms with van der Waals surface area (Å²) in [5, 5.41) is 11.3. The fourth-order valence-electron chi connectivity index (χ4n) is 3.75. The minimum Gasteiger partial charge on any atom is -0.426 e. The van der Waals surface area contributed by atoms with Gasteiger partial charge in [0.2, 0.25) is 0 Å². The average Bonchev–Trinajstić information content (AvgIpc) is 3.44. The number of hydrogen-bond acceptors (Lipinski definition) is 8. The van der Waals surface area contributed by atoms with E-state index in [1.165, 1.54) is 17.0 Å². The Morgan fingerprint density at radius 1 is 1.06 bits per heavy atom. The molecule has 10 heteroatoms. The van der Waals surface area contributed by atoms with Crippen LogP contribution in [-0.2, 0) is 14.3 Å². The molecule has 2 aromatic carbocycles. The Kier molecular flexibility index (Phi) is 6.69. The van der Waals surface area contributed by atoms with Gasteiger partial charge < -0.3 is 24.3 Å².